The van der Waals surface area contributed by atoms with E-state index in [1.807, 2.05) is 43.3 Å². The molecule has 0 aliphatic rings. The molecule has 0 atom stereocenters. The number of hydrogen-bond donors (Lipinski definition) is 1. The van der Waals surface area contributed by atoms with E-state index in [0.717, 1.165) is 22.1 Å². The van der Waals surface area contributed by atoms with Gasteiger partial charge in [-0.25, -0.2) is 0 Å². The Labute approximate surface area is 185 Å². The molecule has 0 bridgehead atoms. The highest BCUT2D eigenvalue weighted by Crippen LogP contribution is 2.65. The summed E-state index contributed by atoms with van der Waals surface area (Å²) in [7, 11) is -2.36. The molecule has 0 amide bonds. The van der Waals surface area contributed by atoms with Crippen LogP contribution in [-0.4, -0.2) is 0 Å². The molecule has 1 nitrogen and oxygen atoms in total. The van der Waals surface area contributed by atoms with Gasteiger partial charge in [-0.3, -0.25) is 0 Å². The maximum Gasteiger partial charge on any atom is 0.322 e. The first-order valence-electron chi connectivity index (χ1n) is 10.4. The highest BCUT2D eigenvalue weighted by molar-refractivity contribution is 7.99. The van der Waals surface area contributed by atoms with Crippen LogP contribution in [0.15, 0.2) is 132 Å². The molecule has 31 heavy (non-hydrogen) atoms. The van der Waals surface area contributed by atoms with Gasteiger partial charge < -0.3 is 5.73 Å². The Balaban J connectivity index is 2.10. The highest BCUT2D eigenvalue weighted by atomic mass is 31.2. The molecule has 4 rings (SSSR count). The van der Waals surface area contributed by atoms with E-state index in [1.165, 1.54) is 15.9 Å². The second-order valence-electron chi connectivity index (χ2n) is 7.49. The number of hydrogen-bond acceptors (Lipinski definition) is 1. The number of benzene rings is 4. The van der Waals surface area contributed by atoms with Crippen LogP contribution in [0.3, 0.4) is 0 Å². The summed E-state index contributed by atoms with van der Waals surface area (Å²) in [4.78, 5) is 0. The van der Waals surface area contributed by atoms with Crippen LogP contribution in [0.4, 0.5) is 0 Å². The van der Waals surface area contributed by atoms with Gasteiger partial charge in [-0.15, -0.1) is 0 Å². The molecule has 0 aliphatic carbocycles. The van der Waals surface area contributed by atoms with Crippen LogP contribution >= 0.6 is 7.26 Å². The lowest BCUT2D eigenvalue weighted by Crippen LogP contribution is -2.32. The van der Waals surface area contributed by atoms with E-state index in [2.05, 4.69) is 84.9 Å². The van der Waals surface area contributed by atoms with Crippen molar-refractivity contribution in [3.8, 4) is 0 Å². The van der Waals surface area contributed by atoms with Crippen molar-refractivity contribution >= 4 is 28.7 Å². The second kappa shape index (κ2) is 9.11. The largest absolute Gasteiger partial charge is 0.385 e. The van der Waals surface area contributed by atoms with E-state index in [9.17, 15) is 0 Å². The number of nitrogens with two attached hydrogens (primary N) is 1. The summed E-state index contributed by atoms with van der Waals surface area (Å²) in [6, 6.07) is 42.0. The standard InChI is InChI=1S/C29H26NP/c1-23(30)29(25-15-7-3-8-16-25)24(2)31(26-17-9-4-10-18-26,27-19-11-5-12-20-27)28-21-13-6-14-22-28/h2-22H,30H2,1H3/q+2/b29-23+. The molecule has 0 heterocycles. The third kappa shape index (κ3) is 3.82. The summed E-state index contributed by atoms with van der Waals surface area (Å²) in [5.41, 5.74) is 9.17. The molecule has 0 aromatic heterocycles. The Morgan fingerprint density at radius 1 is 0.581 bits per heavy atom. The zero-order valence-electron chi connectivity index (χ0n) is 17.6. The summed E-state index contributed by atoms with van der Waals surface area (Å²) in [6.45, 7) is 9.19. The molecule has 0 spiro atoms. The second-order valence-corrected chi connectivity index (χ2v) is 10.9. The first kappa shape index (κ1) is 20.8. The molecule has 0 radical (unpaired) electrons. The lowest BCUT2D eigenvalue weighted by Gasteiger charge is -2.25. The summed E-state index contributed by atoms with van der Waals surface area (Å²) < 4.78 is 0. The Bertz CT molecular complexity index is 1080. The Hall–Kier alpha value is -3.50. The van der Waals surface area contributed by atoms with E-state index in [4.69, 9.17) is 12.3 Å². The van der Waals surface area contributed by atoms with Crippen molar-refractivity contribution in [2.24, 2.45) is 5.73 Å². The van der Waals surface area contributed by atoms with E-state index in [1.54, 1.807) is 0 Å². The van der Waals surface area contributed by atoms with Crippen LogP contribution < -0.4 is 21.6 Å². The zero-order chi connectivity index (χ0) is 21.7. The number of rotatable bonds is 6. The van der Waals surface area contributed by atoms with E-state index in [-0.39, 0.29) is 0 Å². The normalized spacial score (nSPS) is 12.1. The van der Waals surface area contributed by atoms with E-state index in [0.29, 0.717) is 0 Å². The minimum atomic E-state index is -2.36. The van der Waals surface area contributed by atoms with Crippen LogP contribution in [0.1, 0.15) is 12.5 Å². The van der Waals surface area contributed by atoms with Gasteiger partial charge in [0.1, 0.15) is 21.6 Å². The van der Waals surface area contributed by atoms with Gasteiger partial charge in [0.25, 0.3) is 0 Å². The first-order chi connectivity index (χ1) is 15.2. The maximum absolute atomic E-state index is 7.25. The fourth-order valence-corrected chi connectivity index (χ4v) is 8.40. The van der Waals surface area contributed by atoms with Crippen LogP contribution in [0.2, 0.25) is 0 Å². The van der Waals surface area contributed by atoms with Gasteiger partial charge in [-0.05, 0) is 55.5 Å². The molecule has 0 fully saturated rings. The molecule has 4 aromatic carbocycles. The Morgan fingerprint density at radius 2 is 0.903 bits per heavy atom. The third-order valence-electron chi connectivity index (χ3n) is 5.50. The van der Waals surface area contributed by atoms with Gasteiger partial charge in [0.15, 0.2) is 12.8 Å². The molecule has 2 N–H and O–H groups in total. The lowest BCUT2D eigenvalue weighted by molar-refractivity contribution is 1.32. The van der Waals surface area contributed by atoms with Crippen molar-refractivity contribution in [2.75, 3.05) is 0 Å². The smallest absolute Gasteiger partial charge is 0.322 e. The van der Waals surface area contributed by atoms with Crippen molar-refractivity contribution < 1.29 is 0 Å². The van der Waals surface area contributed by atoms with Crippen molar-refractivity contribution in [2.45, 2.75) is 6.92 Å². The Morgan fingerprint density at radius 3 is 1.23 bits per heavy atom. The molecule has 0 unspecified atom stereocenters. The van der Waals surface area contributed by atoms with Crippen LogP contribution in [-0.2, 0) is 0 Å². The van der Waals surface area contributed by atoms with Gasteiger partial charge in [-0.2, -0.15) is 0 Å². The lowest BCUT2D eigenvalue weighted by atomic mass is 10.0. The third-order valence-corrected chi connectivity index (χ3v) is 9.67. The van der Waals surface area contributed by atoms with Crippen molar-refractivity contribution in [3.63, 3.8) is 0 Å². The topological polar surface area (TPSA) is 26.0 Å². The minimum Gasteiger partial charge on any atom is -0.385 e. The molecule has 0 saturated carbocycles. The highest BCUT2D eigenvalue weighted by Gasteiger charge is 2.56. The van der Waals surface area contributed by atoms with E-state index >= 15 is 0 Å². The molecule has 0 aliphatic heterocycles. The SMILES string of the molecule is [CH+]=C(/C(=C(/C)N)c1ccccc1)[P+](c1ccccc1)(c1ccccc1)c1ccccc1. The molecule has 4 aromatic rings. The number of allylic oxidation sites excluding steroid dienone is 3. The quantitative estimate of drug-likeness (QED) is 0.243. The molecular weight excluding hydrogens is 393 g/mol. The van der Waals surface area contributed by atoms with Gasteiger partial charge in [0, 0.05) is 0 Å². The summed E-state index contributed by atoms with van der Waals surface area (Å²) >= 11 is 0. The minimum absolute atomic E-state index is 0.718. The van der Waals surface area contributed by atoms with Crippen LogP contribution in [0.5, 0.6) is 0 Å². The summed E-state index contributed by atoms with van der Waals surface area (Å²) in [5, 5.41) is 4.45. The predicted molar refractivity (Wildman–Crippen MR) is 136 cm³/mol. The predicted octanol–water partition coefficient (Wildman–Crippen LogP) is 5.69. The fourth-order valence-electron chi connectivity index (χ4n) is 4.17. The molecule has 150 valence electrons. The summed E-state index contributed by atoms with van der Waals surface area (Å²) in [5.74, 6) is 0. The maximum atomic E-state index is 7.25. The van der Waals surface area contributed by atoms with Crippen molar-refractivity contribution in [1.29, 1.82) is 0 Å². The monoisotopic (exact) mass is 419 g/mol. The molecule has 0 saturated heterocycles. The van der Waals surface area contributed by atoms with Gasteiger partial charge in [0.2, 0.25) is 0 Å². The van der Waals surface area contributed by atoms with Gasteiger partial charge >= 0.3 is 5.31 Å². The molecular formula is C29H26NP+2. The summed E-state index contributed by atoms with van der Waals surface area (Å²) in [6.07, 6.45) is 0. The average molecular weight is 420 g/mol. The van der Waals surface area contributed by atoms with Crippen molar-refractivity contribution in [1.82, 2.24) is 0 Å². The van der Waals surface area contributed by atoms with Gasteiger partial charge in [-0.1, -0.05) is 72.8 Å². The van der Waals surface area contributed by atoms with E-state index < -0.39 is 7.26 Å². The van der Waals surface area contributed by atoms with Crippen LogP contribution in [0.25, 0.3) is 5.57 Å². The van der Waals surface area contributed by atoms with Gasteiger partial charge in [0.05, 0.1) is 12.1 Å². The van der Waals surface area contributed by atoms with Crippen LogP contribution in [0, 0.1) is 6.58 Å². The average Bonchev–Trinajstić information content (AvgIpc) is 2.82. The Kier molecular flexibility index (Phi) is 6.10. The first-order valence-corrected chi connectivity index (χ1v) is 12.2. The fraction of sp³-hybridized carbons (Fsp3) is 0.0345. The van der Waals surface area contributed by atoms with Crippen molar-refractivity contribution in [3.05, 3.63) is 144 Å². The zero-order valence-corrected chi connectivity index (χ0v) is 18.5. The molecule has 2 heteroatoms.